The Morgan fingerprint density at radius 1 is 1.37 bits per heavy atom. The van der Waals surface area contributed by atoms with Crippen molar-refractivity contribution in [2.24, 2.45) is 5.73 Å². The van der Waals surface area contributed by atoms with Crippen molar-refractivity contribution >= 4 is 0 Å². The number of benzene rings is 1. The fraction of sp³-hybridized carbons (Fsp3) is 0.143. The maximum atomic E-state index is 13.7. The molecule has 0 radical (unpaired) electrons. The molecule has 0 bridgehead atoms. The molecule has 0 aliphatic carbocycles. The molecule has 0 saturated heterocycles. The summed E-state index contributed by atoms with van der Waals surface area (Å²) in [5.74, 6) is -0.534. The molecule has 1 aromatic carbocycles. The van der Waals surface area contributed by atoms with Crippen molar-refractivity contribution in [3.63, 3.8) is 0 Å². The zero-order valence-corrected chi connectivity index (χ0v) is 10.1. The van der Waals surface area contributed by atoms with Crippen LogP contribution in [0.2, 0.25) is 0 Å². The summed E-state index contributed by atoms with van der Waals surface area (Å²) in [7, 11) is 0. The molecule has 2 N–H and O–H groups in total. The van der Waals surface area contributed by atoms with Crippen molar-refractivity contribution in [2.45, 2.75) is 6.10 Å². The van der Waals surface area contributed by atoms with E-state index < -0.39 is 11.9 Å². The number of ether oxygens (including phenoxy) is 1. The predicted molar refractivity (Wildman–Crippen MR) is 67.8 cm³/mol. The lowest BCUT2D eigenvalue weighted by Crippen LogP contribution is -2.19. The van der Waals surface area contributed by atoms with Crippen LogP contribution in [0.3, 0.4) is 0 Å². The SMILES string of the molecule is N#Cc1ccc(OC(CN)c2ccccn2)c(F)c1. The summed E-state index contributed by atoms with van der Waals surface area (Å²) in [6.07, 6.45) is 1.10. The molecule has 2 aromatic rings. The van der Waals surface area contributed by atoms with Crippen molar-refractivity contribution in [1.29, 1.82) is 5.26 Å². The van der Waals surface area contributed by atoms with Crippen molar-refractivity contribution in [3.05, 3.63) is 59.7 Å². The van der Waals surface area contributed by atoms with E-state index in [1.807, 2.05) is 12.1 Å². The minimum atomic E-state index is -0.589. The quantitative estimate of drug-likeness (QED) is 0.911. The molecule has 4 nitrogen and oxygen atoms in total. The standard InChI is InChI=1S/C14H12FN3O/c15-11-7-10(8-16)4-5-13(11)19-14(9-17)12-3-1-2-6-18-12/h1-7,14H,9,17H2. The smallest absolute Gasteiger partial charge is 0.166 e. The van der Waals surface area contributed by atoms with Gasteiger partial charge in [0.25, 0.3) is 0 Å². The van der Waals surface area contributed by atoms with Crippen molar-refractivity contribution in [3.8, 4) is 11.8 Å². The van der Waals surface area contributed by atoms with Crippen molar-refractivity contribution in [2.75, 3.05) is 6.54 Å². The fourth-order valence-corrected chi connectivity index (χ4v) is 1.61. The zero-order chi connectivity index (χ0) is 13.7. The van der Waals surface area contributed by atoms with Crippen LogP contribution in [0.4, 0.5) is 4.39 Å². The van der Waals surface area contributed by atoms with Gasteiger partial charge in [-0.15, -0.1) is 0 Å². The molecular formula is C14H12FN3O. The first kappa shape index (κ1) is 13.0. The second-order valence-electron chi connectivity index (χ2n) is 3.85. The van der Waals surface area contributed by atoms with Gasteiger partial charge in [0.05, 0.1) is 17.3 Å². The van der Waals surface area contributed by atoms with E-state index in [-0.39, 0.29) is 17.9 Å². The molecule has 1 aromatic heterocycles. The van der Waals surface area contributed by atoms with Gasteiger partial charge >= 0.3 is 0 Å². The van der Waals surface area contributed by atoms with Crippen LogP contribution in [0.5, 0.6) is 5.75 Å². The minimum absolute atomic E-state index is 0.0557. The van der Waals surface area contributed by atoms with Crippen LogP contribution in [0.15, 0.2) is 42.6 Å². The maximum Gasteiger partial charge on any atom is 0.166 e. The van der Waals surface area contributed by atoms with Crippen LogP contribution in [0, 0.1) is 17.1 Å². The highest BCUT2D eigenvalue weighted by molar-refractivity contribution is 5.36. The van der Waals surface area contributed by atoms with Gasteiger partial charge in [-0.3, -0.25) is 4.98 Å². The summed E-state index contributed by atoms with van der Waals surface area (Å²) in [4.78, 5) is 4.13. The molecule has 2 rings (SSSR count). The minimum Gasteiger partial charge on any atom is -0.480 e. The lowest BCUT2D eigenvalue weighted by Gasteiger charge is -2.17. The van der Waals surface area contributed by atoms with Crippen LogP contribution in [-0.4, -0.2) is 11.5 Å². The first-order valence-corrected chi connectivity index (χ1v) is 5.72. The summed E-state index contributed by atoms with van der Waals surface area (Å²) < 4.78 is 19.2. The van der Waals surface area contributed by atoms with E-state index in [0.29, 0.717) is 5.69 Å². The summed E-state index contributed by atoms with van der Waals surface area (Å²) in [6, 6.07) is 11.2. The molecule has 1 unspecified atom stereocenters. The van der Waals surface area contributed by atoms with Crippen LogP contribution in [0.1, 0.15) is 17.4 Å². The second-order valence-corrected chi connectivity index (χ2v) is 3.85. The zero-order valence-electron chi connectivity index (χ0n) is 10.1. The maximum absolute atomic E-state index is 13.7. The first-order valence-electron chi connectivity index (χ1n) is 5.72. The Kier molecular flexibility index (Phi) is 4.06. The van der Waals surface area contributed by atoms with E-state index in [4.69, 9.17) is 15.7 Å². The molecule has 19 heavy (non-hydrogen) atoms. The average molecular weight is 257 g/mol. The molecule has 0 aliphatic heterocycles. The Hall–Kier alpha value is -2.45. The van der Waals surface area contributed by atoms with E-state index >= 15 is 0 Å². The van der Waals surface area contributed by atoms with Gasteiger partial charge < -0.3 is 10.5 Å². The van der Waals surface area contributed by atoms with Gasteiger partial charge in [0.15, 0.2) is 17.7 Å². The number of pyridine rings is 1. The van der Waals surface area contributed by atoms with Crippen LogP contribution in [-0.2, 0) is 0 Å². The monoisotopic (exact) mass is 257 g/mol. The van der Waals surface area contributed by atoms with Gasteiger partial charge in [-0.2, -0.15) is 5.26 Å². The number of nitriles is 1. The highest BCUT2D eigenvalue weighted by Crippen LogP contribution is 2.23. The number of aromatic nitrogens is 1. The lowest BCUT2D eigenvalue weighted by molar-refractivity contribution is 0.200. The summed E-state index contributed by atoms with van der Waals surface area (Å²) in [5.41, 5.74) is 6.49. The highest BCUT2D eigenvalue weighted by Gasteiger charge is 2.15. The van der Waals surface area contributed by atoms with Gasteiger partial charge in [-0.25, -0.2) is 4.39 Å². The lowest BCUT2D eigenvalue weighted by atomic mass is 10.2. The van der Waals surface area contributed by atoms with Gasteiger partial charge in [-0.05, 0) is 30.3 Å². The molecule has 5 heteroatoms. The molecule has 0 spiro atoms. The van der Waals surface area contributed by atoms with E-state index in [9.17, 15) is 4.39 Å². The fourth-order valence-electron chi connectivity index (χ4n) is 1.61. The number of rotatable bonds is 4. The third-order valence-corrected chi connectivity index (χ3v) is 2.56. The molecule has 0 aliphatic rings. The van der Waals surface area contributed by atoms with Crippen LogP contribution in [0.25, 0.3) is 0 Å². The Balaban J connectivity index is 2.22. The highest BCUT2D eigenvalue weighted by atomic mass is 19.1. The van der Waals surface area contributed by atoms with Gasteiger partial charge in [0.1, 0.15) is 0 Å². The third-order valence-electron chi connectivity index (χ3n) is 2.56. The Morgan fingerprint density at radius 2 is 2.21 bits per heavy atom. The predicted octanol–water partition coefficient (Wildman–Crippen LogP) is 2.17. The molecule has 1 atom stereocenters. The number of nitrogens with zero attached hydrogens (tertiary/aromatic N) is 2. The molecular weight excluding hydrogens is 245 g/mol. The summed E-state index contributed by atoms with van der Waals surface area (Å²) in [6.45, 7) is 0.177. The van der Waals surface area contributed by atoms with Crippen LogP contribution >= 0.6 is 0 Å². The molecule has 0 saturated carbocycles. The number of nitrogens with two attached hydrogens (primary N) is 1. The van der Waals surface area contributed by atoms with E-state index in [1.165, 1.54) is 12.1 Å². The Labute approximate surface area is 110 Å². The van der Waals surface area contributed by atoms with Crippen molar-refractivity contribution in [1.82, 2.24) is 4.98 Å². The van der Waals surface area contributed by atoms with Gasteiger partial charge in [0.2, 0.25) is 0 Å². The average Bonchev–Trinajstić information content (AvgIpc) is 2.47. The molecule has 0 fully saturated rings. The largest absolute Gasteiger partial charge is 0.480 e. The van der Waals surface area contributed by atoms with Crippen molar-refractivity contribution < 1.29 is 9.13 Å². The molecule has 0 amide bonds. The Morgan fingerprint density at radius 3 is 2.79 bits per heavy atom. The van der Waals surface area contributed by atoms with Gasteiger partial charge in [-0.1, -0.05) is 6.07 Å². The topological polar surface area (TPSA) is 71.9 Å². The van der Waals surface area contributed by atoms with Gasteiger partial charge in [0, 0.05) is 12.7 Å². The second kappa shape index (κ2) is 5.94. The summed E-state index contributed by atoms with van der Waals surface area (Å²) in [5, 5.41) is 8.67. The van der Waals surface area contributed by atoms with E-state index in [1.54, 1.807) is 18.3 Å². The number of hydrogen-bond donors (Lipinski definition) is 1. The number of hydrogen-bond acceptors (Lipinski definition) is 4. The normalized spacial score (nSPS) is 11.6. The first-order chi connectivity index (χ1) is 9.24. The third kappa shape index (κ3) is 3.06. The Bertz CT molecular complexity index is 595. The van der Waals surface area contributed by atoms with Crippen LogP contribution < -0.4 is 10.5 Å². The van der Waals surface area contributed by atoms with E-state index in [0.717, 1.165) is 6.07 Å². The molecule has 96 valence electrons. The molecule has 1 heterocycles. The summed E-state index contributed by atoms with van der Waals surface area (Å²) >= 11 is 0. The van der Waals surface area contributed by atoms with E-state index in [2.05, 4.69) is 4.98 Å². The number of halogens is 1.